The molecule has 0 bridgehead atoms. The van der Waals surface area contributed by atoms with Gasteiger partial charge in [-0.1, -0.05) is 12.1 Å². The first kappa shape index (κ1) is 12.8. The maximum atomic E-state index is 10.8. The molecular formula is C12H12O5. The fourth-order valence-electron chi connectivity index (χ4n) is 1.24. The molecule has 0 aromatic heterocycles. The summed E-state index contributed by atoms with van der Waals surface area (Å²) in [5, 5.41) is 26.7. The van der Waals surface area contributed by atoms with Crippen molar-refractivity contribution in [1.29, 1.82) is 0 Å². The van der Waals surface area contributed by atoms with Crippen molar-refractivity contribution >= 4 is 11.9 Å². The number of carboxylic acids is 2. The Kier molecular flexibility index (Phi) is 3.87. The van der Waals surface area contributed by atoms with Crippen LogP contribution in [0.4, 0.5) is 0 Å². The highest BCUT2D eigenvalue weighted by Crippen LogP contribution is 2.19. The number of hydrogen-bond acceptors (Lipinski definition) is 3. The molecule has 0 fully saturated rings. The van der Waals surface area contributed by atoms with Crippen molar-refractivity contribution < 1.29 is 24.9 Å². The van der Waals surface area contributed by atoms with Crippen LogP contribution in [0, 0.1) is 0 Å². The Morgan fingerprint density at radius 1 is 1.29 bits per heavy atom. The molecule has 90 valence electrons. The van der Waals surface area contributed by atoms with Gasteiger partial charge in [0, 0.05) is 5.57 Å². The molecule has 0 aliphatic rings. The number of phenols is 1. The number of hydrogen-bond donors (Lipinski definition) is 3. The van der Waals surface area contributed by atoms with Crippen molar-refractivity contribution in [3.63, 3.8) is 0 Å². The zero-order chi connectivity index (χ0) is 13.0. The van der Waals surface area contributed by atoms with Crippen LogP contribution in [0.25, 0.3) is 0 Å². The Morgan fingerprint density at radius 2 is 1.94 bits per heavy atom. The first-order valence-electron chi connectivity index (χ1n) is 4.87. The second-order valence-electron chi connectivity index (χ2n) is 3.55. The molecule has 0 spiro atoms. The summed E-state index contributed by atoms with van der Waals surface area (Å²) in [6.45, 7) is 1.46. The summed E-state index contributed by atoms with van der Waals surface area (Å²) in [6, 6.07) is 4.15. The van der Waals surface area contributed by atoms with Crippen molar-refractivity contribution in [3.8, 4) is 5.75 Å². The highest BCUT2D eigenvalue weighted by molar-refractivity contribution is 5.91. The molecule has 0 atom stereocenters. The number of aromatic carboxylic acids is 1. The molecule has 0 aliphatic heterocycles. The van der Waals surface area contributed by atoms with Gasteiger partial charge >= 0.3 is 11.9 Å². The molecule has 0 saturated carbocycles. The number of allylic oxidation sites excluding steroid dienone is 1. The van der Waals surface area contributed by atoms with Gasteiger partial charge in [-0.2, -0.15) is 0 Å². The van der Waals surface area contributed by atoms with E-state index in [1.807, 2.05) is 0 Å². The summed E-state index contributed by atoms with van der Waals surface area (Å²) in [5.41, 5.74) is 0.625. The van der Waals surface area contributed by atoms with Gasteiger partial charge in [-0.25, -0.2) is 9.59 Å². The van der Waals surface area contributed by atoms with Crippen molar-refractivity contribution in [2.75, 3.05) is 0 Å². The normalized spacial score (nSPS) is 11.2. The number of rotatable bonds is 4. The first-order valence-corrected chi connectivity index (χ1v) is 4.87. The molecular weight excluding hydrogens is 224 g/mol. The minimum atomic E-state index is -1.22. The monoisotopic (exact) mass is 236 g/mol. The predicted molar refractivity (Wildman–Crippen MR) is 60.2 cm³/mol. The Labute approximate surface area is 97.6 Å². The van der Waals surface area contributed by atoms with Crippen molar-refractivity contribution in [2.24, 2.45) is 0 Å². The lowest BCUT2D eigenvalue weighted by Crippen LogP contribution is -1.99. The van der Waals surface area contributed by atoms with Crippen LogP contribution >= 0.6 is 0 Å². The number of benzene rings is 1. The zero-order valence-electron chi connectivity index (χ0n) is 9.17. The van der Waals surface area contributed by atoms with Gasteiger partial charge < -0.3 is 15.3 Å². The van der Waals surface area contributed by atoms with E-state index in [-0.39, 0.29) is 16.9 Å². The van der Waals surface area contributed by atoms with E-state index in [0.717, 1.165) is 0 Å². The van der Waals surface area contributed by atoms with E-state index in [0.29, 0.717) is 12.0 Å². The maximum absolute atomic E-state index is 10.8. The van der Waals surface area contributed by atoms with Crippen LogP contribution in [0.5, 0.6) is 5.75 Å². The van der Waals surface area contributed by atoms with Crippen molar-refractivity contribution in [1.82, 2.24) is 0 Å². The van der Waals surface area contributed by atoms with E-state index < -0.39 is 11.9 Å². The summed E-state index contributed by atoms with van der Waals surface area (Å²) >= 11 is 0. The van der Waals surface area contributed by atoms with Crippen molar-refractivity contribution in [2.45, 2.75) is 13.3 Å². The molecule has 5 heteroatoms. The zero-order valence-corrected chi connectivity index (χ0v) is 9.17. The van der Waals surface area contributed by atoms with E-state index in [4.69, 9.17) is 10.2 Å². The lowest BCUT2D eigenvalue weighted by atomic mass is 10.1. The van der Waals surface area contributed by atoms with Gasteiger partial charge in [0.2, 0.25) is 0 Å². The molecule has 0 amide bonds. The summed E-state index contributed by atoms with van der Waals surface area (Å²) in [5.74, 6) is -2.54. The van der Waals surface area contributed by atoms with E-state index in [1.54, 1.807) is 6.07 Å². The molecule has 1 aromatic carbocycles. The highest BCUT2D eigenvalue weighted by Gasteiger charge is 2.09. The predicted octanol–water partition coefficient (Wildman–Crippen LogP) is 1.66. The topological polar surface area (TPSA) is 94.8 Å². The van der Waals surface area contributed by atoms with Crippen LogP contribution < -0.4 is 0 Å². The van der Waals surface area contributed by atoms with Gasteiger partial charge in [-0.15, -0.1) is 0 Å². The van der Waals surface area contributed by atoms with E-state index >= 15 is 0 Å². The van der Waals surface area contributed by atoms with Crippen molar-refractivity contribution in [3.05, 3.63) is 41.0 Å². The number of aliphatic carboxylic acids is 1. The molecule has 0 saturated heterocycles. The largest absolute Gasteiger partial charge is 0.507 e. The summed E-state index contributed by atoms with van der Waals surface area (Å²) in [7, 11) is 0. The molecule has 0 radical (unpaired) electrons. The van der Waals surface area contributed by atoms with Crippen LogP contribution in [0.1, 0.15) is 22.8 Å². The van der Waals surface area contributed by atoms with E-state index in [9.17, 15) is 14.7 Å². The molecule has 1 rings (SSSR count). The molecule has 0 heterocycles. The third-order valence-corrected chi connectivity index (χ3v) is 2.27. The lowest BCUT2D eigenvalue weighted by molar-refractivity contribution is -0.132. The molecule has 0 aliphatic carbocycles. The van der Waals surface area contributed by atoms with Crippen LogP contribution in [0.2, 0.25) is 0 Å². The SMILES string of the molecule is C/C(=C\Cc1ccc(O)c(C(=O)O)c1)C(=O)O. The average molecular weight is 236 g/mol. The van der Waals surface area contributed by atoms with Crippen LogP contribution in [-0.2, 0) is 11.2 Å². The van der Waals surface area contributed by atoms with Gasteiger partial charge in [-0.05, 0) is 31.0 Å². The summed E-state index contributed by atoms with van der Waals surface area (Å²) in [6.07, 6.45) is 1.79. The van der Waals surface area contributed by atoms with Gasteiger partial charge in [0.05, 0.1) is 0 Å². The minimum Gasteiger partial charge on any atom is -0.507 e. The van der Waals surface area contributed by atoms with Crippen LogP contribution in [0.3, 0.4) is 0 Å². The van der Waals surface area contributed by atoms with E-state index in [2.05, 4.69) is 0 Å². The molecule has 5 nitrogen and oxygen atoms in total. The minimum absolute atomic E-state index is 0.190. The number of carboxylic acid groups (broad SMARTS) is 2. The number of carbonyl (C=O) groups is 2. The maximum Gasteiger partial charge on any atom is 0.339 e. The highest BCUT2D eigenvalue weighted by atomic mass is 16.4. The fourth-order valence-corrected chi connectivity index (χ4v) is 1.24. The van der Waals surface area contributed by atoms with Gasteiger partial charge in [0.15, 0.2) is 0 Å². The average Bonchev–Trinajstić information content (AvgIpc) is 2.26. The number of aromatic hydroxyl groups is 1. The Morgan fingerprint density at radius 3 is 2.47 bits per heavy atom. The van der Waals surface area contributed by atoms with Gasteiger partial charge in [0.1, 0.15) is 11.3 Å². The summed E-state index contributed by atoms with van der Waals surface area (Å²) in [4.78, 5) is 21.3. The Balaban J connectivity index is 2.94. The lowest BCUT2D eigenvalue weighted by Gasteiger charge is -2.02. The van der Waals surface area contributed by atoms with Gasteiger partial charge in [0.25, 0.3) is 0 Å². The quantitative estimate of drug-likeness (QED) is 0.691. The van der Waals surface area contributed by atoms with Crippen LogP contribution in [-0.4, -0.2) is 27.3 Å². The Hall–Kier alpha value is -2.30. The molecule has 3 N–H and O–H groups in total. The standard InChI is InChI=1S/C12H12O5/c1-7(11(14)15)2-3-8-4-5-10(13)9(6-8)12(16)17/h2,4-6,13H,3H2,1H3,(H,14,15)(H,16,17)/b7-2+. The first-order chi connectivity index (χ1) is 7.91. The smallest absolute Gasteiger partial charge is 0.339 e. The molecule has 0 unspecified atom stereocenters. The summed E-state index contributed by atoms with van der Waals surface area (Å²) < 4.78 is 0. The second-order valence-corrected chi connectivity index (χ2v) is 3.55. The third-order valence-electron chi connectivity index (χ3n) is 2.27. The fraction of sp³-hybridized carbons (Fsp3) is 0.167. The molecule has 17 heavy (non-hydrogen) atoms. The van der Waals surface area contributed by atoms with Crippen LogP contribution in [0.15, 0.2) is 29.8 Å². The van der Waals surface area contributed by atoms with E-state index in [1.165, 1.54) is 25.1 Å². The molecule has 1 aromatic rings. The third kappa shape index (κ3) is 3.34. The second kappa shape index (κ2) is 5.16. The van der Waals surface area contributed by atoms with Gasteiger partial charge in [-0.3, -0.25) is 0 Å². The Bertz CT molecular complexity index is 488.